The lowest BCUT2D eigenvalue weighted by Gasteiger charge is -2.29. The highest BCUT2D eigenvalue weighted by molar-refractivity contribution is 6.06. The zero-order valence-electron chi connectivity index (χ0n) is 16.4. The molecule has 6 atom stereocenters. The summed E-state index contributed by atoms with van der Waals surface area (Å²) in [5, 5.41) is 2.02. The second kappa shape index (κ2) is 6.83. The van der Waals surface area contributed by atoms with E-state index in [1.807, 2.05) is 19.1 Å². The Morgan fingerprint density at radius 1 is 1.10 bits per heavy atom. The van der Waals surface area contributed by atoms with Gasteiger partial charge in [0.1, 0.15) is 6.04 Å². The van der Waals surface area contributed by atoms with Crippen LogP contribution in [0, 0.1) is 23.7 Å². The minimum absolute atomic E-state index is 0.0505. The van der Waals surface area contributed by atoms with Crippen LogP contribution in [0.25, 0.3) is 0 Å². The van der Waals surface area contributed by atoms with Gasteiger partial charge in [0, 0.05) is 6.54 Å². The number of fused-ring (bicyclic) bond motifs is 7. The normalized spacial score (nSPS) is 37.1. The van der Waals surface area contributed by atoms with E-state index in [9.17, 15) is 19.2 Å². The van der Waals surface area contributed by atoms with Crippen LogP contribution < -0.4 is 0 Å². The molecule has 0 aromatic heterocycles. The lowest BCUT2D eigenvalue weighted by Crippen LogP contribution is -2.48. The van der Waals surface area contributed by atoms with Gasteiger partial charge in [0.25, 0.3) is 11.8 Å². The lowest BCUT2D eigenvalue weighted by atomic mass is 9.85. The fourth-order valence-electron chi connectivity index (χ4n) is 5.47. The maximum Gasteiger partial charge on any atom is 0.355 e. The van der Waals surface area contributed by atoms with Crippen molar-refractivity contribution in [1.29, 1.82) is 0 Å². The number of unbranched alkanes of at least 4 members (excludes halogenated alkanes) is 1. The summed E-state index contributed by atoms with van der Waals surface area (Å²) in [6.45, 7) is 2.88. The maximum absolute atomic E-state index is 12.8. The molecule has 0 N–H and O–H groups in total. The first-order chi connectivity index (χ1) is 14.0. The number of amides is 4. The smallest absolute Gasteiger partial charge is 0.328 e. The molecular formula is C20H25N3O6. The van der Waals surface area contributed by atoms with Crippen molar-refractivity contribution in [2.45, 2.75) is 51.1 Å². The van der Waals surface area contributed by atoms with Crippen molar-refractivity contribution in [1.82, 2.24) is 15.0 Å². The highest BCUT2D eigenvalue weighted by Gasteiger charge is 2.61. The monoisotopic (exact) mass is 403 g/mol. The molecule has 9 heteroatoms. The number of carbonyl (C=O) groups excluding carboxylic acids is 4. The highest BCUT2D eigenvalue weighted by atomic mass is 16.7. The number of urea groups is 1. The first kappa shape index (κ1) is 18.6. The van der Waals surface area contributed by atoms with Gasteiger partial charge in [-0.3, -0.25) is 14.4 Å². The molecule has 3 saturated heterocycles. The van der Waals surface area contributed by atoms with Gasteiger partial charge >= 0.3 is 12.0 Å². The Kier molecular flexibility index (Phi) is 4.38. The van der Waals surface area contributed by atoms with Crippen molar-refractivity contribution in [2.75, 3.05) is 13.2 Å². The Hall–Kier alpha value is -2.42. The van der Waals surface area contributed by atoms with Crippen LogP contribution in [0.1, 0.15) is 39.0 Å². The molecule has 0 aromatic rings. The molecule has 0 aromatic carbocycles. The fourth-order valence-corrected chi connectivity index (χ4v) is 5.47. The minimum atomic E-state index is -0.811. The van der Waals surface area contributed by atoms with E-state index >= 15 is 0 Å². The highest BCUT2D eigenvalue weighted by Crippen LogP contribution is 2.52. The van der Waals surface area contributed by atoms with E-state index in [-0.39, 0.29) is 23.9 Å². The van der Waals surface area contributed by atoms with Crippen LogP contribution in [0.2, 0.25) is 0 Å². The summed E-state index contributed by atoms with van der Waals surface area (Å²) in [6, 6.07) is -1.25. The van der Waals surface area contributed by atoms with Gasteiger partial charge in [-0.05, 0) is 37.5 Å². The molecule has 5 rings (SSSR count). The largest absolute Gasteiger partial charge is 0.355 e. The van der Waals surface area contributed by atoms with Gasteiger partial charge in [0.05, 0.1) is 24.5 Å². The number of hydrogen-bond donors (Lipinski definition) is 0. The number of rotatable bonds is 6. The molecular weight excluding hydrogens is 378 g/mol. The zero-order valence-corrected chi connectivity index (χ0v) is 16.4. The molecule has 0 spiro atoms. The Bertz CT molecular complexity index is 767. The van der Waals surface area contributed by atoms with Crippen molar-refractivity contribution < 1.29 is 28.9 Å². The van der Waals surface area contributed by atoms with E-state index < -0.39 is 35.7 Å². The number of allylic oxidation sites excluding steroid dienone is 2. The molecule has 1 saturated carbocycles. The summed E-state index contributed by atoms with van der Waals surface area (Å²) in [5.41, 5.74) is 0. The third-order valence-electron chi connectivity index (χ3n) is 6.93. The van der Waals surface area contributed by atoms with E-state index in [0.29, 0.717) is 31.1 Å². The fraction of sp³-hybridized carbons (Fsp3) is 0.700. The molecule has 3 heterocycles. The molecule has 9 nitrogen and oxygen atoms in total. The quantitative estimate of drug-likeness (QED) is 0.376. The average molecular weight is 403 g/mol. The molecule has 2 unspecified atom stereocenters. The molecule has 0 radical (unpaired) electrons. The molecule has 4 bridgehead atoms. The summed E-state index contributed by atoms with van der Waals surface area (Å²) in [4.78, 5) is 63.2. The van der Waals surface area contributed by atoms with Gasteiger partial charge in [-0.1, -0.05) is 25.5 Å². The number of imide groups is 1. The Balaban J connectivity index is 1.25. The molecule has 156 valence electrons. The van der Waals surface area contributed by atoms with Crippen molar-refractivity contribution in [2.24, 2.45) is 23.7 Å². The van der Waals surface area contributed by atoms with Crippen LogP contribution >= 0.6 is 0 Å². The van der Waals surface area contributed by atoms with Crippen LogP contribution in [-0.4, -0.2) is 64.1 Å². The molecule has 2 aliphatic carbocycles. The third kappa shape index (κ3) is 2.70. The number of hydroxylamine groups is 4. The van der Waals surface area contributed by atoms with Gasteiger partial charge < -0.3 is 9.74 Å². The molecule has 4 amide bonds. The molecule has 29 heavy (non-hydrogen) atoms. The summed E-state index contributed by atoms with van der Waals surface area (Å²) in [5.74, 6) is -2.33. The van der Waals surface area contributed by atoms with E-state index in [0.717, 1.165) is 19.3 Å². The van der Waals surface area contributed by atoms with Gasteiger partial charge in [-0.25, -0.2) is 9.59 Å². The first-order valence-corrected chi connectivity index (χ1v) is 10.5. The van der Waals surface area contributed by atoms with Crippen LogP contribution in [0.3, 0.4) is 0 Å². The van der Waals surface area contributed by atoms with Crippen molar-refractivity contribution >= 4 is 23.8 Å². The number of nitrogens with zero attached hydrogens (tertiary/aromatic N) is 3. The van der Waals surface area contributed by atoms with E-state index in [1.165, 1.54) is 9.96 Å². The van der Waals surface area contributed by atoms with Gasteiger partial charge in [0.2, 0.25) is 0 Å². The van der Waals surface area contributed by atoms with E-state index in [4.69, 9.17) is 9.68 Å². The molecule has 4 fully saturated rings. The zero-order chi connectivity index (χ0) is 20.3. The van der Waals surface area contributed by atoms with Crippen molar-refractivity contribution in [3.05, 3.63) is 12.2 Å². The Morgan fingerprint density at radius 3 is 2.45 bits per heavy atom. The summed E-state index contributed by atoms with van der Waals surface area (Å²) >= 11 is 0. The van der Waals surface area contributed by atoms with Crippen LogP contribution in [-0.2, 0) is 24.1 Å². The lowest BCUT2D eigenvalue weighted by molar-refractivity contribution is -0.202. The van der Waals surface area contributed by atoms with E-state index in [1.54, 1.807) is 0 Å². The predicted molar refractivity (Wildman–Crippen MR) is 97.3 cm³/mol. The van der Waals surface area contributed by atoms with Gasteiger partial charge in [0.15, 0.2) is 0 Å². The topological polar surface area (TPSA) is 96.5 Å². The van der Waals surface area contributed by atoms with Crippen LogP contribution in [0.15, 0.2) is 12.2 Å². The SMILES string of the molecule is CCCCON1C(=O)N2CC1CC[C@H]2C(=O)ON1C(=O)C2[C@@H](C1=O)[C@@H]1C=C[C@H]2C1. The second-order valence-corrected chi connectivity index (χ2v) is 8.58. The molecule has 5 aliphatic rings. The number of hydrogen-bond acceptors (Lipinski definition) is 6. The van der Waals surface area contributed by atoms with E-state index in [2.05, 4.69) is 0 Å². The molecule has 3 aliphatic heterocycles. The van der Waals surface area contributed by atoms with Gasteiger partial charge in [-0.2, -0.15) is 5.06 Å². The standard InChI is InChI=1S/C20H25N3O6/c1-2-3-8-28-22-13-6-7-14(21(10-13)20(22)27)19(26)29-23-17(24)15-11-4-5-12(9-11)16(15)18(23)25/h4-5,11-16H,2-3,6-10H2,1H3/t11-,12+,13?,14-,15?,16-/m0/s1. The van der Waals surface area contributed by atoms with Gasteiger partial charge in [-0.15, -0.1) is 5.06 Å². The van der Waals surface area contributed by atoms with Crippen molar-refractivity contribution in [3.8, 4) is 0 Å². The Morgan fingerprint density at radius 2 is 1.79 bits per heavy atom. The van der Waals surface area contributed by atoms with Crippen molar-refractivity contribution in [3.63, 3.8) is 0 Å². The average Bonchev–Trinajstić information content (AvgIpc) is 3.44. The summed E-state index contributed by atoms with van der Waals surface area (Å²) in [7, 11) is 0. The van der Waals surface area contributed by atoms with Crippen LogP contribution in [0.5, 0.6) is 0 Å². The number of piperidine rings is 1. The summed E-state index contributed by atoms with van der Waals surface area (Å²) in [6.07, 6.45) is 7.62. The first-order valence-electron chi connectivity index (χ1n) is 10.5. The predicted octanol–water partition coefficient (Wildman–Crippen LogP) is 1.25. The maximum atomic E-state index is 12.8. The summed E-state index contributed by atoms with van der Waals surface area (Å²) < 4.78 is 0. The minimum Gasteiger partial charge on any atom is -0.328 e. The second-order valence-electron chi connectivity index (χ2n) is 8.58. The Labute approximate surface area is 168 Å². The third-order valence-corrected chi connectivity index (χ3v) is 6.93. The number of carbonyl (C=O) groups is 4. The van der Waals surface area contributed by atoms with Crippen LogP contribution in [0.4, 0.5) is 4.79 Å².